The fourth-order valence-electron chi connectivity index (χ4n) is 5.95. The molecular weight excluding hydrogens is 482 g/mol. The highest BCUT2D eigenvalue weighted by Crippen LogP contribution is 2.40. The van der Waals surface area contributed by atoms with Gasteiger partial charge < -0.3 is 30.1 Å². The van der Waals surface area contributed by atoms with Crippen molar-refractivity contribution in [1.82, 2.24) is 20.2 Å². The van der Waals surface area contributed by atoms with E-state index < -0.39 is 0 Å². The summed E-state index contributed by atoms with van der Waals surface area (Å²) in [5.74, 6) is 1.69. The third kappa shape index (κ3) is 5.14. The van der Waals surface area contributed by atoms with Gasteiger partial charge in [-0.05, 0) is 64.4 Å². The van der Waals surface area contributed by atoms with Gasteiger partial charge in [-0.25, -0.2) is 4.98 Å². The molecule has 3 aliphatic rings. The van der Waals surface area contributed by atoms with Gasteiger partial charge in [0.1, 0.15) is 17.5 Å². The number of ether oxygens (including phenoxy) is 1. The number of methoxy groups -OCH3 is 1. The maximum atomic E-state index is 13.1. The molecule has 1 aromatic carbocycles. The highest BCUT2D eigenvalue weighted by molar-refractivity contribution is 6.04. The molecule has 2 fully saturated rings. The van der Waals surface area contributed by atoms with Crippen molar-refractivity contribution in [3.05, 3.63) is 30.0 Å². The number of rotatable bonds is 7. The Kier molecular flexibility index (Phi) is 7.69. The lowest BCUT2D eigenvalue weighted by Crippen LogP contribution is -2.55. The van der Waals surface area contributed by atoms with E-state index >= 15 is 0 Å². The summed E-state index contributed by atoms with van der Waals surface area (Å²) in [6, 6.07) is 5.67. The molecule has 5 rings (SSSR count). The maximum Gasteiger partial charge on any atom is 0.255 e. The normalized spacial score (nSPS) is 20.9. The summed E-state index contributed by atoms with van der Waals surface area (Å²) in [6.45, 7) is 4.01. The van der Waals surface area contributed by atoms with Crippen LogP contribution in [0.2, 0.25) is 0 Å². The number of nitrogens with zero attached hydrogens (tertiary/aromatic N) is 5. The van der Waals surface area contributed by atoms with Crippen LogP contribution in [0, 0.1) is 0 Å². The molecule has 0 spiro atoms. The Labute approximate surface area is 224 Å². The highest BCUT2D eigenvalue weighted by Gasteiger charge is 2.41. The van der Waals surface area contributed by atoms with Crippen LogP contribution in [0.3, 0.4) is 0 Å². The zero-order valence-corrected chi connectivity index (χ0v) is 22.9. The maximum absolute atomic E-state index is 13.1. The number of piperidine rings is 1. The molecule has 1 atom stereocenters. The van der Waals surface area contributed by atoms with E-state index in [-0.39, 0.29) is 23.9 Å². The van der Waals surface area contributed by atoms with Crippen LogP contribution in [0.5, 0.6) is 5.75 Å². The van der Waals surface area contributed by atoms with E-state index in [1.54, 1.807) is 37.4 Å². The van der Waals surface area contributed by atoms with E-state index in [0.29, 0.717) is 23.3 Å². The molecule has 38 heavy (non-hydrogen) atoms. The molecule has 10 nitrogen and oxygen atoms in total. The molecule has 2 aliphatic heterocycles. The van der Waals surface area contributed by atoms with Crippen LogP contribution >= 0.6 is 0 Å². The van der Waals surface area contributed by atoms with Crippen molar-refractivity contribution in [2.24, 2.45) is 0 Å². The molecular formula is C28H39N7O3. The number of likely N-dealkylation sites (tertiary alicyclic amines) is 1. The molecule has 2 aromatic rings. The lowest BCUT2D eigenvalue weighted by molar-refractivity contribution is -0.120. The summed E-state index contributed by atoms with van der Waals surface area (Å²) in [5.41, 5.74) is 1.95. The van der Waals surface area contributed by atoms with Crippen molar-refractivity contribution in [3.8, 4) is 5.75 Å². The zero-order valence-electron chi connectivity index (χ0n) is 22.9. The predicted octanol–water partition coefficient (Wildman–Crippen LogP) is 3.56. The van der Waals surface area contributed by atoms with Crippen molar-refractivity contribution >= 4 is 35.0 Å². The van der Waals surface area contributed by atoms with Gasteiger partial charge in [-0.1, -0.05) is 19.8 Å². The van der Waals surface area contributed by atoms with Crippen LogP contribution in [-0.2, 0) is 4.79 Å². The quantitative estimate of drug-likeness (QED) is 0.570. The molecule has 0 bridgehead atoms. The van der Waals surface area contributed by atoms with Gasteiger partial charge in [0.05, 0.1) is 18.9 Å². The van der Waals surface area contributed by atoms with Crippen LogP contribution < -0.4 is 25.2 Å². The molecule has 2 amide bonds. The number of likely N-dealkylation sites (N-methyl/N-ethyl adjacent to an activating group) is 1. The van der Waals surface area contributed by atoms with E-state index in [0.717, 1.165) is 62.4 Å². The van der Waals surface area contributed by atoms with Crippen LogP contribution in [0.25, 0.3) is 0 Å². The second kappa shape index (κ2) is 11.1. The Morgan fingerprint density at radius 2 is 1.87 bits per heavy atom. The lowest BCUT2D eigenvalue weighted by Gasteiger charge is -2.43. The molecule has 3 heterocycles. The van der Waals surface area contributed by atoms with Crippen LogP contribution in [0.4, 0.5) is 23.1 Å². The van der Waals surface area contributed by atoms with Crippen molar-refractivity contribution < 1.29 is 14.3 Å². The SMILES string of the molecule is CCC1C(=O)N(C)c2cnc(Nc3ccc(C(=O)NC4CCN(C)CC4)c(OC)c3)nc2N1C1CCCC1. The minimum absolute atomic E-state index is 0.0926. The van der Waals surface area contributed by atoms with E-state index in [2.05, 4.69) is 39.4 Å². The Morgan fingerprint density at radius 3 is 2.55 bits per heavy atom. The van der Waals surface area contributed by atoms with Gasteiger partial charge in [0.15, 0.2) is 5.82 Å². The van der Waals surface area contributed by atoms with Gasteiger partial charge in [0.25, 0.3) is 5.91 Å². The third-order valence-electron chi connectivity index (χ3n) is 8.17. The number of fused-ring (bicyclic) bond motifs is 1. The largest absolute Gasteiger partial charge is 0.496 e. The molecule has 1 unspecified atom stereocenters. The minimum Gasteiger partial charge on any atom is -0.496 e. The van der Waals surface area contributed by atoms with Crippen molar-refractivity contribution in [2.75, 3.05) is 49.4 Å². The summed E-state index contributed by atoms with van der Waals surface area (Å²) in [6.07, 6.45) is 8.81. The number of hydrogen-bond acceptors (Lipinski definition) is 8. The Balaban J connectivity index is 1.37. The zero-order chi connectivity index (χ0) is 26.8. The monoisotopic (exact) mass is 521 g/mol. The standard InChI is InChI=1S/C28H39N7O3/c1-5-22-27(37)34(3)23-17-29-28(32-25(23)35(22)20-8-6-7-9-20)31-19-10-11-21(24(16-19)38-4)26(36)30-18-12-14-33(2)15-13-18/h10-11,16-18,20,22H,5-9,12-15H2,1-4H3,(H,30,36)(H,29,31,32). The molecule has 1 saturated heterocycles. The Morgan fingerprint density at radius 1 is 1.13 bits per heavy atom. The van der Waals surface area contributed by atoms with Gasteiger partial charge in [-0.15, -0.1) is 0 Å². The van der Waals surface area contributed by atoms with Gasteiger partial charge in [0, 0.05) is 30.9 Å². The fraction of sp³-hybridized carbons (Fsp3) is 0.571. The second-order valence-electron chi connectivity index (χ2n) is 10.7. The number of amides is 2. The highest BCUT2D eigenvalue weighted by atomic mass is 16.5. The van der Waals surface area contributed by atoms with E-state index in [1.165, 1.54) is 12.8 Å². The van der Waals surface area contributed by atoms with E-state index in [9.17, 15) is 9.59 Å². The number of carbonyl (C=O) groups excluding carboxylic acids is 2. The summed E-state index contributed by atoms with van der Waals surface area (Å²) in [5, 5.41) is 6.44. The van der Waals surface area contributed by atoms with Crippen LogP contribution in [0.15, 0.2) is 24.4 Å². The van der Waals surface area contributed by atoms with Crippen molar-refractivity contribution in [2.45, 2.75) is 70.0 Å². The molecule has 2 N–H and O–H groups in total. The first-order chi connectivity index (χ1) is 18.4. The molecule has 1 aliphatic carbocycles. The molecule has 1 aromatic heterocycles. The lowest BCUT2D eigenvalue weighted by atomic mass is 10.0. The molecule has 0 radical (unpaired) electrons. The Hall–Kier alpha value is -3.40. The number of nitrogens with one attached hydrogen (secondary N) is 2. The number of aromatic nitrogens is 2. The van der Waals surface area contributed by atoms with E-state index in [1.807, 2.05) is 6.07 Å². The fourth-order valence-corrected chi connectivity index (χ4v) is 5.95. The summed E-state index contributed by atoms with van der Waals surface area (Å²) in [4.78, 5) is 41.7. The second-order valence-corrected chi connectivity index (χ2v) is 10.7. The number of anilines is 4. The van der Waals surface area contributed by atoms with Gasteiger partial charge in [0.2, 0.25) is 11.9 Å². The van der Waals surface area contributed by atoms with Crippen LogP contribution in [-0.4, -0.2) is 79.1 Å². The summed E-state index contributed by atoms with van der Waals surface area (Å²) >= 11 is 0. The average Bonchev–Trinajstić information content (AvgIpc) is 3.46. The minimum atomic E-state index is -0.221. The van der Waals surface area contributed by atoms with Crippen molar-refractivity contribution in [1.29, 1.82) is 0 Å². The average molecular weight is 522 g/mol. The van der Waals surface area contributed by atoms with Crippen LogP contribution in [0.1, 0.15) is 62.2 Å². The molecule has 10 heteroatoms. The number of carbonyl (C=O) groups is 2. The van der Waals surface area contributed by atoms with Gasteiger partial charge in [-0.3, -0.25) is 9.59 Å². The predicted molar refractivity (Wildman–Crippen MR) is 149 cm³/mol. The number of benzene rings is 1. The Bertz CT molecular complexity index is 1180. The molecule has 1 saturated carbocycles. The third-order valence-corrected chi connectivity index (χ3v) is 8.17. The first kappa shape index (κ1) is 26.2. The van der Waals surface area contributed by atoms with Gasteiger partial charge >= 0.3 is 0 Å². The smallest absolute Gasteiger partial charge is 0.255 e. The summed E-state index contributed by atoms with van der Waals surface area (Å²) in [7, 11) is 5.47. The summed E-state index contributed by atoms with van der Waals surface area (Å²) < 4.78 is 5.58. The molecule has 204 valence electrons. The van der Waals surface area contributed by atoms with Gasteiger partial charge in [-0.2, -0.15) is 4.98 Å². The van der Waals surface area contributed by atoms with E-state index in [4.69, 9.17) is 9.72 Å². The first-order valence-corrected chi connectivity index (χ1v) is 13.8. The first-order valence-electron chi connectivity index (χ1n) is 13.8. The topological polar surface area (TPSA) is 103 Å². The van der Waals surface area contributed by atoms with Crippen molar-refractivity contribution in [3.63, 3.8) is 0 Å². The number of hydrogen-bond donors (Lipinski definition) is 2.